The smallest absolute Gasteiger partial charge is 0.257 e. The Labute approximate surface area is 57.4 Å². The lowest BCUT2D eigenvalue weighted by molar-refractivity contribution is -0.123. The van der Waals surface area contributed by atoms with E-state index < -0.39 is 11.8 Å². The van der Waals surface area contributed by atoms with Gasteiger partial charge in [-0.15, -0.1) is 11.6 Å². The molecule has 2 amide bonds. The van der Waals surface area contributed by atoms with Crippen molar-refractivity contribution in [2.75, 3.05) is 12.4 Å². The van der Waals surface area contributed by atoms with Gasteiger partial charge in [-0.25, -0.2) is 0 Å². The fourth-order valence-electron chi connectivity index (χ4n) is 0.226. The topological polar surface area (TPSA) is 70.0 Å². The van der Waals surface area contributed by atoms with Crippen molar-refractivity contribution in [2.24, 2.45) is 0 Å². The van der Waals surface area contributed by atoms with Gasteiger partial charge in [0.2, 0.25) is 5.91 Å². The highest BCUT2D eigenvalue weighted by atomic mass is 35.5. The van der Waals surface area contributed by atoms with Crippen molar-refractivity contribution in [3.63, 3.8) is 0 Å². The molecule has 0 aliphatic carbocycles. The Bertz CT molecular complexity index is 126. The van der Waals surface area contributed by atoms with E-state index in [0.29, 0.717) is 0 Å². The molecular weight excluding hydrogens is 144 g/mol. The molecule has 0 saturated carbocycles. The van der Waals surface area contributed by atoms with Crippen molar-refractivity contribution < 1.29 is 9.59 Å². The Balaban J connectivity index is 3.28. The second kappa shape index (κ2) is 4.14. The molecule has 2 N–H and O–H groups in total. The van der Waals surface area contributed by atoms with Gasteiger partial charge in [-0.05, 0) is 0 Å². The molecule has 51 valence electrons. The maximum atomic E-state index is 10.2. The lowest BCUT2D eigenvalue weighted by atomic mass is 10.6. The molecule has 0 bridgehead atoms. The predicted molar refractivity (Wildman–Crippen MR) is 31.8 cm³/mol. The summed E-state index contributed by atoms with van der Waals surface area (Å²) >= 11 is 5.05. The normalized spacial score (nSPS) is 8.56. The Morgan fingerprint density at radius 2 is 2.11 bits per heavy atom. The average molecular weight is 150 g/mol. The molecular formula is C4H6ClN2O2. The van der Waals surface area contributed by atoms with Crippen LogP contribution in [0.15, 0.2) is 0 Å². The molecule has 0 aromatic heterocycles. The van der Waals surface area contributed by atoms with E-state index in [2.05, 4.69) is 5.32 Å². The average Bonchev–Trinajstić information content (AvgIpc) is 1.83. The van der Waals surface area contributed by atoms with E-state index in [1.807, 2.05) is 0 Å². The first kappa shape index (κ1) is 8.23. The number of rotatable bonds is 3. The molecule has 1 radical (unpaired) electrons. The number of carbonyl (C=O) groups is 2. The minimum atomic E-state index is -0.825. The molecule has 0 fully saturated rings. The molecule has 0 spiro atoms. The van der Waals surface area contributed by atoms with Crippen LogP contribution in [0.4, 0.5) is 0 Å². The number of hydrogen-bond acceptors (Lipinski definition) is 2. The van der Waals surface area contributed by atoms with E-state index >= 15 is 0 Å². The molecule has 0 atom stereocenters. The van der Waals surface area contributed by atoms with Gasteiger partial charge in [-0.2, -0.15) is 0 Å². The van der Waals surface area contributed by atoms with Gasteiger partial charge in [0.25, 0.3) is 5.91 Å². The fraction of sp³-hybridized carbons (Fsp3) is 0.500. The van der Waals surface area contributed by atoms with Crippen LogP contribution in [0, 0.1) is 0 Å². The highest BCUT2D eigenvalue weighted by Gasteiger charge is 1.98. The molecule has 4 nitrogen and oxygen atoms in total. The second-order valence-corrected chi connectivity index (χ2v) is 1.60. The zero-order valence-corrected chi connectivity index (χ0v) is 5.36. The van der Waals surface area contributed by atoms with E-state index in [1.165, 1.54) is 0 Å². The highest BCUT2D eigenvalue weighted by Crippen LogP contribution is 1.72. The number of amides is 2. The fourth-order valence-corrected chi connectivity index (χ4v) is 0.321. The molecule has 0 aromatic rings. The van der Waals surface area contributed by atoms with Crippen molar-refractivity contribution in [2.45, 2.75) is 0 Å². The summed E-state index contributed by atoms with van der Waals surface area (Å²) in [7, 11) is 0. The highest BCUT2D eigenvalue weighted by molar-refractivity contribution is 6.27. The number of hydrogen-bond donors (Lipinski definition) is 1. The van der Waals surface area contributed by atoms with Gasteiger partial charge in [-0.3, -0.25) is 15.3 Å². The Kier molecular flexibility index (Phi) is 3.79. The molecule has 0 rings (SSSR count). The largest absolute Gasteiger partial charge is 0.346 e. The first-order valence-corrected chi connectivity index (χ1v) is 2.77. The number of alkyl halides is 1. The zero-order chi connectivity index (χ0) is 7.28. The minimum Gasteiger partial charge on any atom is -0.346 e. The Morgan fingerprint density at radius 3 is 2.44 bits per heavy atom. The second-order valence-electron chi connectivity index (χ2n) is 1.33. The summed E-state index contributed by atoms with van der Waals surface area (Å²) in [4.78, 5) is 20.1. The quantitative estimate of drug-likeness (QED) is 0.531. The van der Waals surface area contributed by atoms with Gasteiger partial charge >= 0.3 is 0 Å². The first-order chi connectivity index (χ1) is 4.16. The summed E-state index contributed by atoms with van der Waals surface area (Å²) in [6, 6.07) is 0. The van der Waals surface area contributed by atoms with Gasteiger partial charge in [-0.1, -0.05) is 0 Å². The van der Waals surface area contributed by atoms with Gasteiger partial charge in [0.05, 0.1) is 6.54 Å². The summed E-state index contributed by atoms with van der Waals surface area (Å²) in [5, 5.41) is 2.12. The summed E-state index contributed by atoms with van der Waals surface area (Å²) in [5.41, 5.74) is 6.35. The van der Waals surface area contributed by atoms with Crippen molar-refractivity contribution >= 4 is 23.4 Å². The van der Waals surface area contributed by atoms with Crippen molar-refractivity contribution in [1.29, 1.82) is 0 Å². The summed E-state index contributed by atoms with van der Waals surface area (Å²) < 4.78 is 0. The molecule has 0 aliphatic heterocycles. The van der Waals surface area contributed by atoms with Crippen LogP contribution >= 0.6 is 11.6 Å². The maximum absolute atomic E-state index is 10.2. The SMILES string of the molecule is [NH]C(=O)CNC(=O)CCl. The van der Waals surface area contributed by atoms with Crippen molar-refractivity contribution in [3.05, 3.63) is 0 Å². The van der Waals surface area contributed by atoms with Crippen LogP contribution in [0.2, 0.25) is 0 Å². The summed E-state index contributed by atoms with van der Waals surface area (Å²) in [6.07, 6.45) is 0. The third-order valence-electron chi connectivity index (χ3n) is 0.567. The monoisotopic (exact) mass is 149 g/mol. The van der Waals surface area contributed by atoms with E-state index in [9.17, 15) is 9.59 Å². The van der Waals surface area contributed by atoms with Crippen LogP contribution in [0.1, 0.15) is 0 Å². The number of halogens is 1. The van der Waals surface area contributed by atoms with Crippen molar-refractivity contribution in [1.82, 2.24) is 11.1 Å². The van der Waals surface area contributed by atoms with Crippen molar-refractivity contribution in [3.8, 4) is 0 Å². The summed E-state index contributed by atoms with van der Waals surface area (Å²) in [5.74, 6) is -1.43. The van der Waals surface area contributed by atoms with Gasteiger partial charge in [0.15, 0.2) is 0 Å². The molecule has 5 heteroatoms. The number of nitrogens with one attached hydrogen (secondary N) is 2. The van der Waals surface area contributed by atoms with E-state index in [0.717, 1.165) is 0 Å². The van der Waals surface area contributed by atoms with Crippen LogP contribution in [0.25, 0.3) is 0 Å². The van der Waals surface area contributed by atoms with Crippen LogP contribution in [0.3, 0.4) is 0 Å². The zero-order valence-electron chi connectivity index (χ0n) is 4.61. The summed E-state index contributed by atoms with van der Waals surface area (Å²) in [6.45, 7) is -0.258. The first-order valence-electron chi connectivity index (χ1n) is 2.24. The number of carbonyl (C=O) groups excluding carboxylic acids is 2. The lowest BCUT2D eigenvalue weighted by Crippen LogP contribution is -2.30. The van der Waals surface area contributed by atoms with E-state index in [-0.39, 0.29) is 12.4 Å². The standard InChI is InChI=1S/C4H6ClN2O2/c5-1-4(9)7-2-3(6)8/h6H,1-2H2,(H,7,9). The van der Waals surface area contributed by atoms with Crippen LogP contribution in [-0.4, -0.2) is 24.2 Å². The molecule has 0 saturated heterocycles. The molecule has 0 unspecified atom stereocenters. The van der Waals surface area contributed by atoms with Crippen LogP contribution < -0.4 is 11.1 Å². The van der Waals surface area contributed by atoms with Gasteiger partial charge < -0.3 is 5.32 Å². The molecule has 0 heterocycles. The lowest BCUT2D eigenvalue weighted by Gasteiger charge is -1.95. The Hall–Kier alpha value is -0.770. The minimum absolute atomic E-state index is 0.173. The van der Waals surface area contributed by atoms with E-state index in [1.54, 1.807) is 0 Å². The van der Waals surface area contributed by atoms with E-state index in [4.69, 9.17) is 17.3 Å². The predicted octanol–water partition coefficient (Wildman–Crippen LogP) is -0.849. The third-order valence-corrected chi connectivity index (χ3v) is 0.810. The van der Waals surface area contributed by atoms with Gasteiger partial charge in [0, 0.05) is 0 Å². The Morgan fingerprint density at radius 1 is 1.56 bits per heavy atom. The van der Waals surface area contributed by atoms with Gasteiger partial charge in [0.1, 0.15) is 5.88 Å². The van der Waals surface area contributed by atoms with Crippen LogP contribution in [0.5, 0.6) is 0 Å². The molecule has 0 aliphatic rings. The maximum Gasteiger partial charge on any atom is 0.257 e. The molecule has 0 aromatic carbocycles. The molecule has 9 heavy (non-hydrogen) atoms. The van der Waals surface area contributed by atoms with Crippen LogP contribution in [-0.2, 0) is 9.59 Å². The third kappa shape index (κ3) is 5.10.